The molecule has 40 heavy (non-hydrogen) atoms. The number of anilines is 1. The maximum atomic E-state index is 13.6. The third-order valence-corrected chi connectivity index (χ3v) is 9.32. The number of benzene rings is 2. The first-order valence-electron chi connectivity index (χ1n) is 12.6. The van der Waals surface area contributed by atoms with Crippen LogP contribution in [0.5, 0.6) is 0 Å². The van der Waals surface area contributed by atoms with Crippen LogP contribution >= 0.6 is 11.6 Å². The topological polar surface area (TPSA) is 92.5 Å². The first-order chi connectivity index (χ1) is 18.7. The molecular weight excluding hydrogens is 567 g/mol. The van der Waals surface area contributed by atoms with Crippen LogP contribution in [0.25, 0.3) is 12.2 Å². The molecule has 1 fully saturated rings. The van der Waals surface area contributed by atoms with E-state index in [1.165, 1.54) is 10.4 Å². The Hall–Kier alpha value is -3.15. The summed E-state index contributed by atoms with van der Waals surface area (Å²) in [5.41, 5.74) is 3.31. The number of amides is 1. The minimum Gasteiger partial charge on any atom is -0.355 e. The molecule has 0 saturated carbocycles. The van der Waals surface area contributed by atoms with E-state index in [1.807, 2.05) is 32.9 Å². The minimum atomic E-state index is -4.66. The van der Waals surface area contributed by atoms with Gasteiger partial charge in [-0.05, 0) is 81.5 Å². The second-order valence-corrected chi connectivity index (χ2v) is 12.2. The first kappa shape index (κ1) is 29.8. The van der Waals surface area contributed by atoms with Crippen molar-refractivity contribution in [3.8, 4) is 0 Å². The molecule has 0 unspecified atom stereocenters. The van der Waals surface area contributed by atoms with Gasteiger partial charge in [-0.3, -0.25) is 4.79 Å². The molecule has 1 aromatic heterocycles. The molecular formula is C28H29ClF3N3O4S. The Bertz CT molecular complexity index is 1550. The number of hydrogen-bond donors (Lipinski definition) is 1. The van der Waals surface area contributed by atoms with Crippen molar-refractivity contribution in [2.45, 2.75) is 51.6 Å². The number of carbonyl (C=O) groups is 1. The van der Waals surface area contributed by atoms with Gasteiger partial charge < -0.3 is 9.84 Å². The summed E-state index contributed by atoms with van der Waals surface area (Å²) in [5, 5.41) is 5.91. The summed E-state index contributed by atoms with van der Waals surface area (Å²) in [6.45, 7) is 7.62. The smallest absolute Gasteiger partial charge is 0.355 e. The van der Waals surface area contributed by atoms with Gasteiger partial charge in [0.05, 0.1) is 10.6 Å². The quantitative estimate of drug-likeness (QED) is 0.339. The number of aromatic nitrogens is 1. The van der Waals surface area contributed by atoms with Crippen molar-refractivity contribution in [2.24, 2.45) is 5.92 Å². The second kappa shape index (κ2) is 11.4. The summed E-state index contributed by atoms with van der Waals surface area (Å²) in [6.07, 6.45) is -0.868. The van der Waals surface area contributed by atoms with Gasteiger partial charge in [0.1, 0.15) is 5.69 Å². The number of alkyl halides is 3. The Labute approximate surface area is 236 Å². The highest BCUT2D eigenvalue weighted by molar-refractivity contribution is 7.89. The standard InChI is InChI=1S/C28H29ClF3N3O4S/c1-16-13-17(2)22(18(3)14-16)6-8-25-26(19(4)34-39-25)40(37,38)35-11-9-20(10-12-35)27(36)33-21-5-7-24(29)23(15-21)28(30,31)32/h5-8,13-15,20H,9-12H2,1-4H3,(H,33,36)/b8-6+. The molecule has 0 bridgehead atoms. The van der Waals surface area contributed by atoms with Crippen LogP contribution in [0, 0.1) is 33.6 Å². The summed E-state index contributed by atoms with van der Waals surface area (Å²) in [7, 11) is -3.99. The number of halogens is 4. The number of carbonyl (C=O) groups excluding carboxylic acids is 1. The number of hydrogen-bond acceptors (Lipinski definition) is 5. The number of aryl methyl sites for hydroxylation is 4. The molecule has 1 saturated heterocycles. The number of piperidine rings is 1. The molecule has 0 spiro atoms. The normalized spacial score (nSPS) is 15.6. The monoisotopic (exact) mass is 595 g/mol. The van der Waals surface area contributed by atoms with Crippen molar-refractivity contribution >= 4 is 45.4 Å². The predicted octanol–water partition coefficient (Wildman–Crippen LogP) is 6.79. The van der Waals surface area contributed by atoms with Crippen LogP contribution in [-0.2, 0) is 21.0 Å². The van der Waals surface area contributed by atoms with Crippen molar-refractivity contribution in [3.05, 3.63) is 74.6 Å². The third-order valence-electron chi connectivity index (χ3n) is 6.93. The van der Waals surface area contributed by atoms with E-state index in [4.69, 9.17) is 16.1 Å². The number of rotatable bonds is 6. The van der Waals surface area contributed by atoms with E-state index in [-0.39, 0.29) is 48.0 Å². The van der Waals surface area contributed by atoms with Crippen LogP contribution in [0.1, 0.15) is 52.1 Å². The van der Waals surface area contributed by atoms with Crippen molar-refractivity contribution in [3.63, 3.8) is 0 Å². The van der Waals surface area contributed by atoms with Crippen molar-refractivity contribution in [1.29, 1.82) is 0 Å². The van der Waals surface area contributed by atoms with Crippen LogP contribution in [0.3, 0.4) is 0 Å². The zero-order chi connectivity index (χ0) is 29.4. The average Bonchev–Trinajstić information content (AvgIpc) is 3.25. The van der Waals surface area contributed by atoms with Crippen molar-refractivity contribution in [1.82, 2.24) is 9.46 Å². The average molecular weight is 596 g/mol. The van der Waals surface area contributed by atoms with Gasteiger partial charge >= 0.3 is 6.18 Å². The third kappa shape index (κ3) is 6.26. The van der Waals surface area contributed by atoms with Gasteiger partial charge in [-0.2, -0.15) is 17.5 Å². The van der Waals surface area contributed by atoms with E-state index in [0.717, 1.165) is 34.4 Å². The Morgan fingerprint density at radius 2 is 1.70 bits per heavy atom. The number of sulfonamides is 1. The molecule has 1 amide bonds. The van der Waals surface area contributed by atoms with E-state index in [9.17, 15) is 26.4 Å². The van der Waals surface area contributed by atoms with E-state index in [2.05, 4.69) is 10.5 Å². The van der Waals surface area contributed by atoms with Gasteiger partial charge in [0, 0.05) is 24.7 Å². The highest BCUT2D eigenvalue weighted by Crippen LogP contribution is 2.36. The largest absolute Gasteiger partial charge is 0.417 e. The fourth-order valence-electron chi connectivity index (χ4n) is 4.96. The molecule has 2 aromatic carbocycles. The molecule has 1 aliphatic rings. The fourth-order valence-corrected chi connectivity index (χ4v) is 6.91. The summed E-state index contributed by atoms with van der Waals surface area (Å²) >= 11 is 5.65. The Kier molecular flexibility index (Phi) is 8.49. The Morgan fingerprint density at radius 3 is 2.30 bits per heavy atom. The van der Waals surface area contributed by atoms with E-state index in [0.29, 0.717) is 0 Å². The molecule has 2 heterocycles. The van der Waals surface area contributed by atoms with Crippen LogP contribution < -0.4 is 5.32 Å². The second-order valence-electron chi connectivity index (χ2n) is 9.97. The van der Waals surface area contributed by atoms with Crippen LogP contribution in [-0.4, -0.2) is 36.9 Å². The molecule has 0 radical (unpaired) electrons. The minimum absolute atomic E-state index is 0.0325. The summed E-state index contributed by atoms with van der Waals surface area (Å²) in [4.78, 5) is 12.7. The Balaban J connectivity index is 1.47. The van der Waals surface area contributed by atoms with Crippen molar-refractivity contribution in [2.75, 3.05) is 18.4 Å². The molecule has 0 aliphatic carbocycles. The fraction of sp³-hybridized carbons (Fsp3) is 0.357. The van der Waals surface area contributed by atoms with Crippen LogP contribution in [0.4, 0.5) is 18.9 Å². The van der Waals surface area contributed by atoms with Gasteiger partial charge in [0.2, 0.25) is 15.9 Å². The summed E-state index contributed by atoms with van der Waals surface area (Å²) in [5.74, 6) is -0.951. The van der Waals surface area contributed by atoms with Gasteiger partial charge in [0.15, 0.2) is 10.7 Å². The van der Waals surface area contributed by atoms with E-state index >= 15 is 0 Å². The SMILES string of the molecule is Cc1cc(C)c(/C=C/c2onc(C)c2S(=O)(=O)N2CCC(C(=O)Nc3ccc(Cl)c(C(F)(F)F)c3)CC2)c(C)c1. The van der Waals surface area contributed by atoms with Gasteiger partial charge in [-0.15, -0.1) is 0 Å². The molecule has 214 valence electrons. The van der Waals surface area contributed by atoms with E-state index < -0.39 is 38.6 Å². The summed E-state index contributed by atoms with van der Waals surface area (Å²) < 4.78 is 73.3. The molecule has 1 N–H and O–H groups in total. The highest BCUT2D eigenvalue weighted by atomic mass is 35.5. The lowest BCUT2D eigenvalue weighted by atomic mass is 9.97. The van der Waals surface area contributed by atoms with Crippen molar-refractivity contribution < 1.29 is 30.9 Å². The van der Waals surface area contributed by atoms with Crippen LogP contribution in [0.15, 0.2) is 39.8 Å². The summed E-state index contributed by atoms with van der Waals surface area (Å²) in [6, 6.07) is 7.22. The molecule has 3 aromatic rings. The zero-order valence-corrected chi connectivity index (χ0v) is 24.0. The Morgan fingerprint density at radius 1 is 1.07 bits per heavy atom. The molecule has 4 rings (SSSR count). The lowest BCUT2D eigenvalue weighted by molar-refractivity contribution is -0.137. The zero-order valence-electron chi connectivity index (χ0n) is 22.4. The van der Waals surface area contributed by atoms with Gasteiger partial charge in [-0.25, -0.2) is 8.42 Å². The van der Waals surface area contributed by atoms with E-state index in [1.54, 1.807) is 19.1 Å². The first-order valence-corrected chi connectivity index (χ1v) is 14.4. The lowest BCUT2D eigenvalue weighted by Crippen LogP contribution is -2.41. The molecule has 1 aliphatic heterocycles. The lowest BCUT2D eigenvalue weighted by Gasteiger charge is -2.30. The number of nitrogens with one attached hydrogen (secondary N) is 1. The maximum Gasteiger partial charge on any atom is 0.417 e. The number of nitrogens with zero attached hydrogens (tertiary/aromatic N) is 2. The van der Waals surface area contributed by atoms with Crippen LogP contribution in [0.2, 0.25) is 5.02 Å². The van der Waals surface area contributed by atoms with Gasteiger partial charge in [-0.1, -0.05) is 40.5 Å². The predicted molar refractivity (Wildman–Crippen MR) is 147 cm³/mol. The molecule has 7 nitrogen and oxygen atoms in total. The molecule has 0 atom stereocenters. The highest BCUT2D eigenvalue weighted by Gasteiger charge is 2.37. The van der Waals surface area contributed by atoms with Gasteiger partial charge in [0.25, 0.3) is 0 Å². The molecule has 12 heteroatoms. The maximum absolute atomic E-state index is 13.6.